The van der Waals surface area contributed by atoms with Crippen LogP contribution in [0, 0.1) is 0 Å². The van der Waals surface area contributed by atoms with Gasteiger partial charge in [-0.15, -0.1) is 22.7 Å². The number of hydrogen-bond acceptors (Lipinski definition) is 5. The Bertz CT molecular complexity index is 9140. The molecule has 5 heterocycles. The number of fused-ring (bicyclic) bond motifs is 15. The molecule has 0 N–H and O–H groups in total. The second-order valence-electron chi connectivity index (χ2n) is 36.7. The van der Waals surface area contributed by atoms with Gasteiger partial charge in [-0.25, -0.2) is 0 Å². The quantitative estimate of drug-likeness (QED) is 0.108. The molecule has 0 atom stereocenters. The van der Waals surface area contributed by atoms with Gasteiger partial charge < -0.3 is 13.3 Å². The zero-order chi connectivity index (χ0) is 93.0. The third-order valence-electron chi connectivity index (χ3n) is 28.3. The van der Waals surface area contributed by atoms with Crippen LogP contribution in [0.2, 0.25) is 0 Å². The molecule has 0 aliphatic rings. The predicted molar refractivity (Wildman–Crippen MR) is 601 cm³/mol. The maximum atomic E-state index is 6.57. The minimum atomic E-state index is 0.890. The lowest BCUT2D eigenvalue weighted by atomic mass is 9.87. The molecule has 24 aromatic carbocycles. The zero-order valence-electron chi connectivity index (χ0n) is 76.5. The average Bonchev–Trinajstić information content (AvgIpc) is 1.62. The molecule has 0 saturated carbocycles. The van der Waals surface area contributed by atoms with E-state index in [-0.39, 0.29) is 0 Å². The molecule has 0 aliphatic heterocycles. The van der Waals surface area contributed by atoms with Gasteiger partial charge in [0.1, 0.15) is 33.5 Å². The Hall–Kier alpha value is -17.8. The van der Waals surface area contributed by atoms with Crippen molar-refractivity contribution in [3.05, 3.63) is 510 Å². The van der Waals surface area contributed by atoms with Crippen LogP contribution in [-0.2, 0) is 0 Å². The van der Waals surface area contributed by atoms with Gasteiger partial charge in [-0.05, 0) is 263 Å². The molecule has 0 fully saturated rings. The summed E-state index contributed by atoms with van der Waals surface area (Å²) >= 11 is 3.79. The van der Waals surface area contributed by atoms with Crippen molar-refractivity contribution in [1.29, 1.82) is 0 Å². The molecule has 5 aromatic heterocycles. The highest BCUT2D eigenvalue weighted by molar-refractivity contribution is 7.26. The summed E-state index contributed by atoms with van der Waals surface area (Å²) in [6, 6.07) is 184. The van der Waals surface area contributed by atoms with Crippen LogP contribution in [0.15, 0.2) is 523 Å². The summed E-state index contributed by atoms with van der Waals surface area (Å²) in [6.07, 6.45) is 0. The van der Waals surface area contributed by atoms with E-state index in [0.29, 0.717) is 0 Å². The molecule has 5 heteroatoms. The van der Waals surface area contributed by atoms with Crippen molar-refractivity contribution in [1.82, 2.24) is 0 Å². The molecule has 0 unspecified atom stereocenters. The fourth-order valence-electron chi connectivity index (χ4n) is 21.6. The van der Waals surface area contributed by atoms with Gasteiger partial charge in [0.25, 0.3) is 0 Å². The van der Waals surface area contributed by atoms with E-state index in [1.54, 1.807) is 0 Å². The van der Waals surface area contributed by atoms with Crippen molar-refractivity contribution in [2.24, 2.45) is 0 Å². The van der Waals surface area contributed by atoms with Gasteiger partial charge in [-0.2, -0.15) is 0 Å². The molecule has 658 valence electrons. The van der Waals surface area contributed by atoms with Crippen LogP contribution in [0.4, 0.5) is 0 Å². The SMILES string of the molecule is c1ccc(-c2cc(-c3ccccc3)cc(-c3cc(-c4cccc5c4oc4ccccc45)cc(-c4cccc5c4oc4ccccc45)c3)c2)cc1.c1ccc(-c2cc(-c3ccccc3)cc(-c3cc(-c4cccc5c4sc4ccccc45)cc(-c4cccc5c4sc4ccccc45)c3)c2)cc1.c1ccc(-c2ccc3ccc4c(-c5ccc(-c6cccc7c6oc6ccccc67)cc5)ccc5ccc2c3c54)cc1. The van der Waals surface area contributed by atoms with Crippen LogP contribution in [0.1, 0.15) is 0 Å². The van der Waals surface area contributed by atoms with Crippen LogP contribution >= 0.6 is 22.7 Å². The van der Waals surface area contributed by atoms with E-state index in [0.717, 1.165) is 110 Å². The van der Waals surface area contributed by atoms with Gasteiger partial charge in [0, 0.05) is 89.4 Å². The highest BCUT2D eigenvalue weighted by Crippen LogP contribution is 2.51. The summed E-state index contributed by atoms with van der Waals surface area (Å²) < 4.78 is 24.8. The molecule has 0 spiro atoms. The van der Waals surface area contributed by atoms with Gasteiger partial charge in [0.15, 0.2) is 0 Å². The fraction of sp³-hybridized carbons (Fsp3) is 0. The molecular formula is C136H84O3S2. The second kappa shape index (κ2) is 34.8. The molecule has 0 aliphatic carbocycles. The van der Waals surface area contributed by atoms with Crippen LogP contribution in [0.5, 0.6) is 0 Å². The second-order valence-corrected chi connectivity index (χ2v) is 38.8. The van der Waals surface area contributed by atoms with Crippen LogP contribution < -0.4 is 0 Å². The maximum Gasteiger partial charge on any atom is 0.143 e. The van der Waals surface area contributed by atoms with Gasteiger partial charge in [-0.3, -0.25) is 0 Å². The fourth-order valence-corrected chi connectivity index (χ4v) is 24.1. The summed E-state index contributed by atoms with van der Waals surface area (Å²) in [5.41, 5.74) is 36.3. The number of hydrogen-bond donors (Lipinski definition) is 0. The minimum Gasteiger partial charge on any atom is -0.455 e. The first kappa shape index (κ1) is 82.6. The Morgan fingerprint density at radius 2 is 0.362 bits per heavy atom. The van der Waals surface area contributed by atoms with E-state index in [4.69, 9.17) is 13.3 Å². The topological polar surface area (TPSA) is 39.4 Å². The van der Waals surface area contributed by atoms with Crippen LogP contribution in [0.25, 0.3) is 283 Å². The molecule has 141 heavy (non-hydrogen) atoms. The highest BCUT2D eigenvalue weighted by atomic mass is 32.1. The van der Waals surface area contributed by atoms with Crippen molar-refractivity contribution in [2.45, 2.75) is 0 Å². The van der Waals surface area contributed by atoms with Crippen molar-refractivity contribution < 1.29 is 13.3 Å². The van der Waals surface area contributed by atoms with E-state index in [1.807, 2.05) is 59.1 Å². The van der Waals surface area contributed by atoms with E-state index in [9.17, 15) is 0 Å². The number of rotatable bonds is 13. The maximum absolute atomic E-state index is 6.57. The number of furan rings is 3. The average molecular weight is 1830 g/mol. The third-order valence-corrected chi connectivity index (χ3v) is 30.8. The predicted octanol–water partition coefficient (Wildman–Crippen LogP) is 40.1. The summed E-state index contributed by atoms with van der Waals surface area (Å²) in [5.74, 6) is 0. The Kier molecular flexibility index (Phi) is 20.4. The van der Waals surface area contributed by atoms with Gasteiger partial charge in [0.05, 0.1) is 0 Å². The van der Waals surface area contributed by atoms with Crippen molar-refractivity contribution in [2.75, 3.05) is 0 Å². The smallest absolute Gasteiger partial charge is 0.143 e. The number of para-hydroxylation sites is 6. The van der Waals surface area contributed by atoms with Crippen molar-refractivity contribution in [3.8, 4) is 145 Å². The van der Waals surface area contributed by atoms with E-state index < -0.39 is 0 Å². The number of thiophene rings is 2. The zero-order valence-corrected chi connectivity index (χ0v) is 78.2. The molecule has 29 aromatic rings. The first-order valence-electron chi connectivity index (χ1n) is 48.1. The standard InChI is InChI=1S/C48H30O2.C48H30S2.C40H24O/c2*1-3-13-31(14-4-1)33-25-34(32-15-5-2-6-16-32)27-35(26-33)36-28-37(39-19-11-21-43-41-17-7-9-23-45(41)49-47(39)43)30-38(29-36)40-20-12-22-44-42-18-8-10-24-46(42)50-48(40)44;1-2-7-25(8-3-1)30-21-17-28-20-24-35-31(22-18-29-19-23-34(30)38(28)39(29)35)26-13-15-27(16-14-26)32-10-6-11-36-33-9-4-5-12-37(33)41-40(32)36/h2*1-30H;1-24H. The van der Waals surface area contributed by atoms with E-state index in [1.165, 1.54) is 173 Å². The van der Waals surface area contributed by atoms with Crippen LogP contribution in [-0.4, -0.2) is 0 Å². The number of benzene rings is 24. The molecule has 0 radical (unpaired) electrons. The highest BCUT2D eigenvalue weighted by Gasteiger charge is 2.24. The molecule has 0 saturated heterocycles. The lowest BCUT2D eigenvalue weighted by Crippen LogP contribution is -1.89. The molecular weight excluding hydrogens is 1750 g/mol. The van der Waals surface area contributed by atoms with E-state index in [2.05, 4.69) is 473 Å². The van der Waals surface area contributed by atoms with Crippen molar-refractivity contribution in [3.63, 3.8) is 0 Å². The Balaban J connectivity index is 0.000000107. The van der Waals surface area contributed by atoms with Crippen LogP contribution in [0.3, 0.4) is 0 Å². The Labute approximate surface area is 822 Å². The van der Waals surface area contributed by atoms with Crippen molar-refractivity contribution >= 4 is 161 Å². The third kappa shape index (κ3) is 14.8. The van der Waals surface area contributed by atoms with Gasteiger partial charge in [-0.1, -0.05) is 406 Å². The first-order valence-corrected chi connectivity index (χ1v) is 49.7. The van der Waals surface area contributed by atoms with E-state index >= 15 is 0 Å². The van der Waals surface area contributed by atoms with Gasteiger partial charge in [0.2, 0.25) is 0 Å². The summed E-state index contributed by atoms with van der Waals surface area (Å²) in [6.45, 7) is 0. The molecule has 0 bridgehead atoms. The Morgan fingerprint density at radius 1 is 0.128 bits per heavy atom. The summed E-state index contributed by atoms with van der Waals surface area (Å²) in [5, 5.41) is 19.9. The first-order chi connectivity index (χ1) is 69.9. The monoisotopic (exact) mass is 1830 g/mol. The molecule has 3 nitrogen and oxygen atoms in total. The summed E-state index contributed by atoms with van der Waals surface area (Å²) in [7, 11) is 0. The Morgan fingerprint density at radius 3 is 0.709 bits per heavy atom. The van der Waals surface area contributed by atoms with Gasteiger partial charge >= 0.3 is 0 Å². The summed E-state index contributed by atoms with van der Waals surface area (Å²) in [4.78, 5) is 0. The largest absolute Gasteiger partial charge is 0.455 e. The minimum absolute atomic E-state index is 0.890. The molecule has 29 rings (SSSR count). The normalized spacial score (nSPS) is 11.7. The lowest BCUT2D eigenvalue weighted by molar-refractivity contribution is 0.669. The lowest BCUT2D eigenvalue weighted by Gasteiger charge is -2.16. The molecule has 0 amide bonds.